The van der Waals surface area contributed by atoms with Gasteiger partial charge in [-0.1, -0.05) is 22.0 Å². The lowest BCUT2D eigenvalue weighted by molar-refractivity contribution is 0.117. The number of rotatable bonds is 7. The van der Waals surface area contributed by atoms with E-state index in [9.17, 15) is 5.11 Å². The summed E-state index contributed by atoms with van der Waals surface area (Å²) in [6.45, 7) is 0.641. The van der Waals surface area contributed by atoms with Gasteiger partial charge in [0, 0.05) is 22.8 Å². The molecule has 0 amide bonds. The molecule has 0 saturated heterocycles. The summed E-state index contributed by atoms with van der Waals surface area (Å²) in [6.07, 6.45) is -0.597. The number of nitrogens with one attached hydrogen (secondary N) is 1. The SMILES string of the molecule is COc1cccc(OCC(O)CNc2ccc(Br)cc2)c1. The van der Waals surface area contributed by atoms with E-state index in [0.717, 1.165) is 15.9 Å². The molecule has 2 aromatic rings. The average molecular weight is 352 g/mol. The predicted molar refractivity (Wildman–Crippen MR) is 87.1 cm³/mol. The standard InChI is InChI=1S/C16H18BrNO3/c1-20-15-3-2-4-16(9-15)21-11-14(19)10-18-13-7-5-12(17)6-8-13/h2-9,14,18-19H,10-11H2,1H3. The third-order valence-corrected chi connectivity index (χ3v) is 3.40. The highest BCUT2D eigenvalue weighted by Gasteiger charge is 2.06. The summed E-state index contributed by atoms with van der Waals surface area (Å²) in [5.74, 6) is 1.41. The highest BCUT2D eigenvalue weighted by molar-refractivity contribution is 9.10. The van der Waals surface area contributed by atoms with Crippen LogP contribution in [0.2, 0.25) is 0 Å². The molecule has 2 rings (SSSR count). The minimum Gasteiger partial charge on any atom is -0.497 e. The first-order chi connectivity index (χ1) is 10.2. The number of anilines is 1. The zero-order chi connectivity index (χ0) is 15.1. The summed E-state index contributed by atoms with van der Waals surface area (Å²) in [6, 6.07) is 15.1. The predicted octanol–water partition coefficient (Wildman–Crippen LogP) is 3.31. The fraction of sp³-hybridized carbons (Fsp3) is 0.250. The Morgan fingerprint density at radius 1 is 1.14 bits per heavy atom. The van der Waals surface area contributed by atoms with Crippen LogP contribution < -0.4 is 14.8 Å². The van der Waals surface area contributed by atoms with E-state index >= 15 is 0 Å². The lowest BCUT2D eigenvalue weighted by Crippen LogP contribution is -2.26. The Morgan fingerprint density at radius 2 is 1.86 bits per heavy atom. The Bertz CT molecular complexity index is 560. The quantitative estimate of drug-likeness (QED) is 0.803. The Labute approximate surface area is 132 Å². The molecule has 112 valence electrons. The number of hydrogen-bond acceptors (Lipinski definition) is 4. The van der Waals surface area contributed by atoms with Crippen molar-refractivity contribution in [1.29, 1.82) is 0 Å². The zero-order valence-corrected chi connectivity index (χ0v) is 13.3. The third-order valence-electron chi connectivity index (χ3n) is 2.87. The van der Waals surface area contributed by atoms with E-state index in [4.69, 9.17) is 9.47 Å². The van der Waals surface area contributed by atoms with Crippen LogP contribution in [0.1, 0.15) is 0 Å². The Kier molecular flexibility index (Phi) is 5.90. The maximum absolute atomic E-state index is 9.92. The van der Waals surface area contributed by atoms with Crippen LogP contribution in [0.25, 0.3) is 0 Å². The van der Waals surface area contributed by atoms with Crippen LogP contribution in [0, 0.1) is 0 Å². The molecule has 1 unspecified atom stereocenters. The van der Waals surface area contributed by atoms with Gasteiger partial charge in [-0.15, -0.1) is 0 Å². The molecule has 0 aliphatic carbocycles. The number of aliphatic hydroxyl groups is 1. The fourth-order valence-corrected chi connectivity index (χ4v) is 2.01. The first kappa shape index (κ1) is 15.7. The van der Waals surface area contributed by atoms with Crippen molar-refractivity contribution in [2.45, 2.75) is 6.10 Å². The Balaban J connectivity index is 1.76. The van der Waals surface area contributed by atoms with Gasteiger partial charge in [0.2, 0.25) is 0 Å². The summed E-state index contributed by atoms with van der Waals surface area (Å²) in [7, 11) is 1.61. The van der Waals surface area contributed by atoms with E-state index in [0.29, 0.717) is 12.3 Å². The zero-order valence-electron chi connectivity index (χ0n) is 11.8. The molecule has 0 heterocycles. The molecule has 0 aliphatic rings. The first-order valence-electron chi connectivity index (χ1n) is 6.62. The lowest BCUT2D eigenvalue weighted by atomic mass is 10.3. The molecule has 0 aromatic heterocycles. The molecule has 1 atom stereocenters. The number of benzene rings is 2. The summed E-state index contributed by atoms with van der Waals surface area (Å²) < 4.78 is 11.7. The van der Waals surface area contributed by atoms with Gasteiger partial charge in [0.25, 0.3) is 0 Å². The van der Waals surface area contributed by atoms with E-state index in [2.05, 4.69) is 21.2 Å². The van der Waals surface area contributed by atoms with Crippen molar-refractivity contribution in [2.75, 3.05) is 25.6 Å². The van der Waals surface area contributed by atoms with Crippen molar-refractivity contribution in [3.63, 3.8) is 0 Å². The summed E-state index contributed by atoms with van der Waals surface area (Å²) >= 11 is 3.38. The largest absolute Gasteiger partial charge is 0.497 e. The minimum absolute atomic E-state index is 0.219. The maximum Gasteiger partial charge on any atom is 0.123 e. The van der Waals surface area contributed by atoms with Crippen LogP contribution in [-0.4, -0.2) is 31.5 Å². The topological polar surface area (TPSA) is 50.7 Å². The van der Waals surface area contributed by atoms with Crippen molar-refractivity contribution < 1.29 is 14.6 Å². The summed E-state index contributed by atoms with van der Waals surface area (Å²) in [5, 5.41) is 13.1. The summed E-state index contributed by atoms with van der Waals surface area (Å²) in [5.41, 5.74) is 0.957. The van der Waals surface area contributed by atoms with E-state index in [1.54, 1.807) is 13.2 Å². The molecule has 0 bridgehead atoms. The molecule has 21 heavy (non-hydrogen) atoms. The summed E-state index contributed by atoms with van der Waals surface area (Å²) in [4.78, 5) is 0. The van der Waals surface area contributed by atoms with Crippen LogP contribution in [-0.2, 0) is 0 Å². The van der Waals surface area contributed by atoms with Crippen LogP contribution in [0.15, 0.2) is 53.0 Å². The van der Waals surface area contributed by atoms with E-state index in [1.165, 1.54) is 0 Å². The number of hydrogen-bond donors (Lipinski definition) is 2. The van der Waals surface area contributed by atoms with Crippen LogP contribution >= 0.6 is 15.9 Å². The average Bonchev–Trinajstić information content (AvgIpc) is 2.52. The van der Waals surface area contributed by atoms with E-state index in [1.807, 2.05) is 42.5 Å². The van der Waals surface area contributed by atoms with Crippen molar-refractivity contribution >= 4 is 21.6 Å². The van der Waals surface area contributed by atoms with Gasteiger partial charge in [0.05, 0.1) is 7.11 Å². The minimum atomic E-state index is -0.597. The van der Waals surface area contributed by atoms with Gasteiger partial charge >= 0.3 is 0 Å². The molecule has 0 spiro atoms. The van der Waals surface area contributed by atoms with Gasteiger partial charge in [0.1, 0.15) is 24.2 Å². The first-order valence-corrected chi connectivity index (χ1v) is 7.41. The van der Waals surface area contributed by atoms with Crippen molar-refractivity contribution in [1.82, 2.24) is 0 Å². The van der Waals surface area contributed by atoms with Gasteiger partial charge in [0.15, 0.2) is 0 Å². The van der Waals surface area contributed by atoms with Gasteiger partial charge in [-0.25, -0.2) is 0 Å². The number of methoxy groups -OCH3 is 1. The van der Waals surface area contributed by atoms with Gasteiger partial charge in [-0.3, -0.25) is 0 Å². The molecule has 0 saturated carbocycles. The van der Waals surface area contributed by atoms with Crippen LogP contribution in [0.5, 0.6) is 11.5 Å². The van der Waals surface area contributed by atoms with E-state index in [-0.39, 0.29) is 6.61 Å². The second-order valence-corrected chi connectivity index (χ2v) is 5.45. The number of aliphatic hydroxyl groups excluding tert-OH is 1. The van der Waals surface area contributed by atoms with Crippen LogP contribution in [0.3, 0.4) is 0 Å². The number of halogens is 1. The Morgan fingerprint density at radius 3 is 2.57 bits per heavy atom. The molecule has 2 aromatic carbocycles. The van der Waals surface area contributed by atoms with Gasteiger partial charge < -0.3 is 19.9 Å². The molecular weight excluding hydrogens is 334 g/mol. The third kappa shape index (κ3) is 5.28. The second kappa shape index (κ2) is 7.90. The van der Waals surface area contributed by atoms with Crippen LogP contribution in [0.4, 0.5) is 5.69 Å². The Hall–Kier alpha value is -1.72. The molecule has 0 radical (unpaired) electrons. The fourth-order valence-electron chi connectivity index (χ4n) is 1.75. The molecule has 0 aliphatic heterocycles. The number of ether oxygens (including phenoxy) is 2. The van der Waals surface area contributed by atoms with Crippen molar-refractivity contribution in [3.8, 4) is 11.5 Å². The molecule has 0 fully saturated rings. The maximum atomic E-state index is 9.92. The lowest BCUT2D eigenvalue weighted by Gasteiger charge is -2.14. The second-order valence-electron chi connectivity index (χ2n) is 4.53. The molecule has 4 nitrogen and oxygen atoms in total. The molecule has 5 heteroatoms. The smallest absolute Gasteiger partial charge is 0.123 e. The molecular formula is C16H18BrNO3. The highest BCUT2D eigenvalue weighted by Crippen LogP contribution is 2.19. The van der Waals surface area contributed by atoms with Crippen molar-refractivity contribution in [3.05, 3.63) is 53.0 Å². The van der Waals surface area contributed by atoms with Crippen molar-refractivity contribution in [2.24, 2.45) is 0 Å². The van der Waals surface area contributed by atoms with Gasteiger partial charge in [-0.05, 0) is 36.4 Å². The van der Waals surface area contributed by atoms with Gasteiger partial charge in [-0.2, -0.15) is 0 Å². The monoisotopic (exact) mass is 351 g/mol. The highest BCUT2D eigenvalue weighted by atomic mass is 79.9. The molecule has 2 N–H and O–H groups in total. The normalized spacial score (nSPS) is 11.8. The van der Waals surface area contributed by atoms with E-state index < -0.39 is 6.10 Å².